The summed E-state index contributed by atoms with van der Waals surface area (Å²) in [6, 6.07) is 5.03. The molecule has 0 spiro atoms. The first-order valence-electron chi connectivity index (χ1n) is 3.97. The Balaban J connectivity index is 2.74. The molecular formula is C10H8N2O2. The molecule has 0 fully saturated rings. The molecule has 0 aromatic carbocycles. The Morgan fingerprint density at radius 3 is 2.93 bits per heavy atom. The zero-order valence-electron chi connectivity index (χ0n) is 7.34. The molecule has 14 heavy (non-hydrogen) atoms. The van der Waals surface area contributed by atoms with Crippen molar-refractivity contribution in [1.82, 2.24) is 4.98 Å². The van der Waals surface area contributed by atoms with Gasteiger partial charge in [0.1, 0.15) is 5.69 Å². The van der Waals surface area contributed by atoms with Gasteiger partial charge < -0.3 is 5.11 Å². The summed E-state index contributed by atoms with van der Waals surface area (Å²) >= 11 is 0. The van der Waals surface area contributed by atoms with E-state index in [-0.39, 0.29) is 5.69 Å². The number of rotatable bonds is 3. The number of aromatic carboxylic acids is 1. The lowest BCUT2D eigenvalue weighted by atomic mass is 10.2. The Morgan fingerprint density at radius 1 is 1.64 bits per heavy atom. The summed E-state index contributed by atoms with van der Waals surface area (Å²) < 4.78 is 0. The van der Waals surface area contributed by atoms with Crippen molar-refractivity contribution in [1.29, 1.82) is 5.26 Å². The van der Waals surface area contributed by atoms with Gasteiger partial charge in [-0.3, -0.25) is 0 Å². The third kappa shape index (κ3) is 2.72. The number of carbonyl (C=O) groups is 1. The Labute approximate surface area is 81.1 Å². The van der Waals surface area contributed by atoms with Gasteiger partial charge in [0.25, 0.3) is 0 Å². The molecule has 0 radical (unpaired) electrons. The van der Waals surface area contributed by atoms with Gasteiger partial charge in [0.05, 0.1) is 12.5 Å². The van der Waals surface area contributed by atoms with Gasteiger partial charge in [-0.15, -0.1) is 0 Å². The van der Waals surface area contributed by atoms with Crippen LogP contribution in [0.2, 0.25) is 0 Å². The van der Waals surface area contributed by atoms with Gasteiger partial charge >= 0.3 is 5.97 Å². The van der Waals surface area contributed by atoms with Crippen LogP contribution < -0.4 is 0 Å². The van der Waals surface area contributed by atoms with Crippen molar-refractivity contribution in [3.8, 4) is 6.07 Å². The Hall–Kier alpha value is -2.15. The van der Waals surface area contributed by atoms with Crippen molar-refractivity contribution in [2.45, 2.75) is 6.42 Å². The minimum absolute atomic E-state index is 0.0161. The highest BCUT2D eigenvalue weighted by Gasteiger charge is 2.01. The van der Waals surface area contributed by atoms with E-state index in [0.29, 0.717) is 6.42 Å². The summed E-state index contributed by atoms with van der Waals surface area (Å²) in [5, 5.41) is 16.8. The smallest absolute Gasteiger partial charge is 0.354 e. The summed E-state index contributed by atoms with van der Waals surface area (Å²) in [7, 11) is 0. The number of hydrogen-bond acceptors (Lipinski definition) is 3. The standard InChI is InChI=1S/C10H8N2O2/c11-6-2-1-3-8-4-5-9(10(13)14)12-7-8/h1,3-5,7H,2H2,(H,13,14). The third-order valence-electron chi connectivity index (χ3n) is 1.52. The van der Waals surface area contributed by atoms with E-state index in [1.165, 1.54) is 12.3 Å². The van der Waals surface area contributed by atoms with Crippen LogP contribution in [0.4, 0.5) is 0 Å². The van der Waals surface area contributed by atoms with E-state index in [0.717, 1.165) is 5.56 Å². The number of hydrogen-bond donors (Lipinski definition) is 1. The van der Waals surface area contributed by atoms with Gasteiger partial charge in [0.15, 0.2) is 0 Å². The number of nitriles is 1. The van der Waals surface area contributed by atoms with E-state index in [4.69, 9.17) is 10.4 Å². The first kappa shape index (κ1) is 9.93. The molecular weight excluding hydrogens is 180 g/mol. The average molecular weight is 188 g/mol. The average Bonchev–Trinajstić information content (AvgIpc) is 2.19. The minimum atomic E-state index is -1.04. The van der Waals surface area contributed by atoms with Gasteiger partial charge in [0, 0.05) is 6.20 Å². The van der Waals surface area contributed by atoms with Crippen LogP contribution in [0, 0.1) is 11.3 Å². The third-order valence-corrected chi connectivity index (χ3v) is 1.52. The number of carboxylic acid groups (broad SMARTS) is 1. The van der Waals surface area contributed by atoms with Gasteiger partial charge in [0.2, 0.25) is 0 Å². The molecule has 1 N–H and O–H groups in total. The fourth-order valence-corrected chi connectivity index (χ4v) is 0.878. The number of allylic oxidation sites excluding steroid dienone is 1. The fourth-order valence-electron chi connectivity index (χ4n) is 0.878. The predicted molar refractivity (Wildman–Crippen MR) is 50.5 cm³/mol. The molecule has 0 atom stereocenters. The number of pyridine rings is 1. The first-order chi connectivity index (χ1) is 6.74. The molecule has 0 saturated carbocycles. The monoisotopic (exact) mass is 188 g/mol. The highest BCUT2D eigenvalue weighted by molar-refractivity contribution is 5.85. The highest BCUT2D eigenvalue weighted by Crippen LogP contribution is 2.03. The molecule has 0 amide bonds. The van der Waals surface area contributed by atoms with Crippen molar-refractivity contribution >= 4 is 12.0 Å². The van der Waals surface area contributed by atoms with E-state index in [9.17, 15) is 4.79 Å². The zero-order chi connectivity index (χ0) is 10.4. The lowest BCUT2D eigenvalue weighted by Gasteiger charge is -1.93. The van der Waals surface area contributed by atoms with Crippen LogP contribution in [0.1, 0.15) is 22.5 Å². The molecule has 0 unspecified atom stereocenters. The maximum Gasteiger partial charge on any atom is 0.354 e. The zero-order valence-corrected chi connectivity index (χ0v) is 7.34. The maximum absolute atomic E-state index is 10.4. The lowest BCUT2D eigenvalue weighted by molar-refractivity contribution is 0.0690. The van der Waals surface area contributed by atoms with Crippen LogP contribution in [-0.4, -0.2) is 16.1 Å². The van der Waals surface area contributed by atoms with Crippen molar-refractivity contribution in [3.05, 3.63) is 35.7 Å². The summed E-state index contributed by atoms with van der Waals surface area (Å²) in [6.45, 7) is 0. The van der Waals surface area contributed by atoms with E-state index < -0.39 is 5.97 Å². The second-order valence-corrected chi connectivity index (χ2v) is 2.55. The molecule has 0 aliphatic rings. The summed E-state index contributed by atoms with van der Waals surface area (Å²) in [5.41, 5.74) is 0.799. The van der Waals surface area contributed by atoms with E-state index in [2.05, 4.69) is 4.98 Å². The van der Waals surface area contributed by atoms with Crippen LogP contribution in [0.25, 0.3) is 6.08 Å². The Bertz CT molecular complexity index is 388. The Morgan fingerprint density at radius 2 is 2.43 bits per heavy atom. The van der Waals surface area contributed by atoms with Crippen LogP contribution >= 0.6 is 0 Å². The molecule has 0 aliphatic heterocycles. The molecule has 1 heterocycles. The van der Waals surface area contributed by atoms with Crippen LogP contribution in [0.15, 0.2) is 24.4 Å². The SMILES string of the molecule is N#CCC=Cc1ccc(C(=O)O)nc1. The molecule has 1 aromatic rings. The molecule has 4 nitrogen and oxygen atoms in total. The molecule has 0 aliphatic carbocycles. The molecule has 1 aromatic heterocycles. The molecule has 0 saturated heterocycles. The van der Waals surface area contributed by atoms with Crippen molar-refractivity contribution in [2.75, 3.05) is 0 Å². The molecule has 4 heteroatoms. The predicted octanol–water partition coefficient (Wildman–Crippen LogP) is 1.71. The minimum Gasteiger partial charge on any atom is -0.477 e. The van der Waals surface area contributed by atoms with Crippen molar-refractivity contribution in [2.24, 2.45) is 0 Å². The van der Waals surface area contributed by atoms with Crippen molar-refractivity contribution in [3.63, 3.8) is 0 Å². The van der Waals surface area contributed by atoms with Gasteiger partial charge in [-0.1, -0.05) is 18.2 Å². The largest absolute Gasteiger partial charge is 0.477 e. The summed E-state index contributed by atoms with van der Waals surface area (Å²) in [6.07, 6.45) is 5.21. The number of carboxylic acids is 1. The van der Waals surface area contributed by atoms with Crippen molar-refractivity contribution < 1.29 is 9.90 Å². The van der Waals surface area contributed by atoms with E-state index in [1.807, 2.05) is 6.07 Å². The summed E-state index contributed by atoms with van der Waals surface area (Å²) in [4.78, 5) is 14.2. The maximum atomic E-state index is 10.4. The second kappa shape index (κ2) is 4.77. The van der Waals surface area contributed by atoms with Crippen LogP contribution in [-0.2, 0) is 0 Å². The van der Waals surface area contributed by atoms with E-state index in [1.54, 1.807) is 18.2 Å². The van der Waals surface area contributed by atoms with E-state index >= 15 is 0 Å². The summed E-state index contributed by atoms with van der Waals surface area (Å²) in [5.74, 6) is -1.04. The quantitative estimate of drug-likeness (QED) is 0.783. The topological polar surface area (TPSA) is 74.0 Å². The second-order valence-electron chi connectivity index (χ2n) is 2.55. The molecule has 1 rings (SSSR count). The highest BCUT2D eigenvalue weighted by atomic mass is 16.4. The van der Waals surface area contributed by atoms with Crippen LogP contribution in [0.5, 0.6) is 0 Å². The fraction of sp³-hybridized carbons (Fsp3) is 0.100. The van der Waals surface area contributed by atoms with Gasteiger partial charge in [-0.05, 0) is 11.6 Å². The van der Waals surface area contributed by atoms with Gasteiger partial charge in [-0.25, -0.2) is 9.78 Å². The number of nitrogens with zero attached hydrogens (tertiary/aromatic N) is 2. The van der Waals surface area contributed by atoms with Crippen LogP contribution in [0.3, 0.4) is 0 Å². The Kier molecular flexibility index (Phi) is 3.39. The van der Waals surface area contributed by atoms with Gasteiger partial charge in [-0.2, -0.15) is 5.26 Å². The number of aromatic nitrogens is 1. The lowest BCUT2D eigenvalue weighted by Crippen LogP contribution is -1.98. The molecule has 0 bridgehead atoms. The first-order valence-corrected chi connectivity index (χ1v) is 3.97. The normalized spacial score (nSPS) is 9.93. The molecule has 70 valence electrons.